The van der Waals surface area contributed by atoms with Crippen molar-refractivity contribution in [2.45, 2.75) is 44.9 Å². The zero-order valence-corrected chi connectivity index (χ0v) is 21.2. The van der Waals surface area contributed by atoms with Crippen molar-refractivity contribution in [1.29, 1.82) is 5.26 Å². The first-order chi connectivity index (χ1) is 17.2. The van der Waals surface area contributed by atoms with Gasteiger partial charge in [-0.3, -0.25) is 9.36 Å². The molecule has 3 aromatic rings. The number of nitriles is 1. The number of carbonyl (C=O) groups is 1. The number of rotatable bonds is 7. The monoisotopic (exact) mass is 498 g/mol. The summed E-state index contributed by atoms with van der Waals surface area (Å²) in [6.07, 6.45) is 1.25. The Bertz CT molecular complexity index is 1240. The third-order valence-corrected chi connectivity index (χ3v) is 5.79. The lowest BCUT2D eigenvalue weighted by atomic mass is 10.0. The second-order valence-corrected chi connectivity index (χ2v) is 9.32. The van der Waals surface area contributed by atoms with E-state index < -0.39 is 6.04 Å². The number of amides is 1. The molecule has 0 saturated carbocycles. The molecule has 2 N–H and O–H groups in total. The van der Waals surface area contributed by atoms with Gasteiger partial charge in [0.25, 0.3) is 0 Å². The second kappa shape index (κ2) is 12.5. The molecule has 0 aliphatic carbocycles. The van der Waals surface area contributed by atoms with E-state index >= 15 is 0 Å². The number of hydrogen-bond donors (Lipinski definition) is 2. The Hall–Kier alpha value is -3.45. The Labute approximate surface area is 214 Å². The Morgan fingerprint density at radius 2 is 2.00 bits per heavy atom. The average Bonchev–Trinajstić information content (AvgIpc) is 2.99. The third kappa shape index (κ3) is 7.28. The van der Waals surface area contributed by atoms with Crippen molar-refractivity contribution >= 4 is 17.5 Å². The molecule has 1 saturated heterocycles. The smallest absolute Gasteiger partial charge is 0.408 e. The molecule has 1 fully saturated rings. The van der Waals surface area contributed by atoms with Crippen molar-refractivity contribution in [3.63, 3.8) is 0 Å². The number of oxazole rings is 1. The lowest BCUT2D eigenvalue weighted by Gasteiger charge is -2.29. The zero-order chi connectivity index (χ0) is 26.1. The fourth-order valence-corrected chi connectivity index (χ4v) is 4.08. The molecule has 0 bridgehead atoms. The van der Waals surface area contributed by atoms with Crippen LogP contribution in [0.1, 0.15) is 29.2 Å². The highest BCUT2D eigenvalue weighted by Crippen LogP contribution is 2.24. The van der Waals surface area contributed by atoms with Crippen LogP contribution in [0.5, 0.6) is 0 Å². The number of aryl methyl sites for hydroxylation is 1. The molecular weight excluding hydrogens is 460 g/mol. The Morgan fingerprint density at radius 1 is 1.28 bits per heavy atom. The first kappa shape index (κ1) is 27.1. The number of aromatic nitrogens is 1. The van der Waals surface area contributed by atoms with Gasteiger partial charge >= 0.3 is 5.76 Å². The van der Waals surface area contributed by atoms with Gasteiger partial charge in [0.05, 0.1) is 30.9 Å². The molecule has 4 rings (SSSR count). The van der Waals surface area contributed by atoms with Crippen molar-refractivity contribution in [2.24, 2.45) is 7.05 Å². The van der Waals surface area contributed by atoms with Crippen molar-refractivity contribution in [2.75, 3.05) is 26.3 Å². The number of ether oxygens (including phenoxy) is 2. The zero-order valence-electron chi connectivity index (χ0n) is 21.2. The van der Waals surface area contributed by atoms with Crippen LogP contribution in [0.2, 0.25) is 0 Å². The van der Waals surface area contributed by atoms with Crippen LogP contribution in [0, 0.1) is 11.3 Å². The van der Waals surface area contributed by atoms with E-state index in [1.807, 2.05) is 42.5 Å². The maximum Gasteiger partial charge on any atom is 0.419 e. The van der Waals surface area contributed by atoms with Crippen LogP contribution in [0.4, 0.5) is 0 Å². The van der Waals surface area contributed by atoms with Crippen molar-refractivity contribution in [3.05, 3.63) is 58.6 Å². The first-order valence-electron chi connectivity index (χ1n) is 12.0. The number of hydrogen-bond acceptors (Lipinski definition) is 7. The number of nitrogens with one attached hydrogen (secondary N) is 2. The summed E-state index contributed by atoms with van der Waals surface area (Å²) < 4.78 is 17.8. The molecule has 9 heteroatoms. The van der Waals surface area contributed by atoms with Crippen LogP contribution in [0.25, 0.3) is 22.2 Å². The third-order valence-electron chi connectivity index (χ3n) is 5.79. The van der Waals surface area contributed by atoms with Crippen LogP contribution in [0.3, 0.4) is 0 Å². The van der Waals surface area contributed by atoms with Gasteiger partial charge < -0.3 is 24.5 Å². The lowest BCUT2D eigenvalue weighted by Crippen LogP contribution is -2.43. The number of nitrogens with zero attached hydrogens (tertiary/aromatic N) is 2. The molecule has 2 heterocycles. The van der Waals surface area contributed by atoms with Gasteiger partial charge in [0.2, 0.25) is 6.41 Å². The van der Waals surface area contributed by atoms with Crippen LogP contribution < -0.4 is 16.4 Å². The minimum atomic E-state index is -0.537. The van der Waals surface area contributed by atoms with E-state index in [4.69, 9.17) is 19.2 Å². The lowest BCUT2D eigenvalue weighted by molar-refractivity contribution is -0.109. The maximum atomic E-state index is 11.6. The fourth-order valence-electron chi connectivity index (χ4n) is 4.08. The van der Waals surface area contributed by atoms with E-state index in [1.165, 1.54) is 4.57 Å². The highest BCUT2D eigenvalue weighted by molar-refractivity contribution is 5.80. The minimum absolute atomic E-state index is 0. The van der Waals surface area contributed by atoms with Crippen LogP contribution in [-0.4, -0.2) is 55.0 Å². The van der Waals surface area contributed by atoms with Gasteiger partial charge in [0, 0.05) is 29.4 Å². The molecule has 2 aromatic carbocycles. The standard InChI is InChI=1S/C18H15N3O3.C9H19NO2.2H2/c1-21-16-9-14(6-7-17(16)24-18(21)23)13-4-2-12(3-5-13)8-15(10-19)20-11-22;1-8(2)12-9(3)6-10-4-5-11-7-9;;/h2-7,9,11,15H,8H2,1H3,(H,20,22);8,10H,4-7H2,1-3H3;2*1H/t15-;9-;;/m01../s1. The van der Waals surface area contributed by atoms with Gasteiger partial charge in [-0.25, -0.2) is 4.79 Å². The molecule has 0 spiro atoms. The molecule has 2 atom stereocenters. The largest absolute Gasteiger partial charge is 0.419 e. The summed E-state index contributed by atoms with van der Waals surface area (Å²) in [5.41, 5.74) is 4.06. The van der Waals surface area contributed by atoms with Gasteiger partial charge in [0.1, 0.15) is 11.6 Å². The summed E-state index contributed by atoms with van der Waals surface area (Å²) in [6, 6.07) is 14.8. The van der Waals surface area contributed by atoms with Gasteiger partial charge in [-0.15, -0.1) is 0 Å². The number of benzene rings is 2. The average molecular weight is 499 g/mol. The Morgan fingerprint density at radius 3 is 2.67 bits per heavy atom. The molecule has 1 aliphatic heterocycles. The van der Waals surface area contributed by atoms with E-state index in [9.17, 15) is 9.59 Å². The van der Waals surface area contributed by atoms with Gasteiger partial charge in [-0.1, -0.05) is 30.3 Å². The molecule has 1 aliphatic rings. The van der Waals surface area contributed by atoms with Crippen LogP contribution in [0.15, 0.2) is 51.7 Å². The quantitative estimate of drug-likeness (QED) is 0.480. The highest BCUT2D eigenvalue weighted by atomic mass is 16.5. The highest BCUT2D eigenvalue weighted by Gasteiger charge is 2.28. The minimum Gasteiger partial charge on any atom is -0.408 e. The summed E-state index contributed by atoms with van der Waals surface area (Å²) in [6.45, 7) is 9.48. The molecule has 0 radical (unpaired) electrons. The summed E-state index contributed by atoms with van der Waals surface area (Å²) in [7, 11) is 1.67. The SMILES string of the molecule is CC(C)O[C@]1(C)CNCCOC1.Cn1c(=O)oc2ccc(-c3ccc(C[C@@H](C#N)NC=O)cc3)cc21.[HH].[HH]. The Kier molecular flexibility index (Phi) is 9.42. The van der Waals surface area contributed by atoms with E-state index in [0.29, 0.717) is 25.0 Å². The van der Waals surface area contributed by atoms with Crippen molar-refractivity contribution in [1.82, 2.24) is 15.2 Å². The Balaban J connectivity index is 0.000000441. The molecule has 1 aromatic heterocycles. The molecule has 0 unspecified atom stereocenters. The molecular formula is C27H38N4O5. The van der Waals surface area contributed by atoms with E-state index in [0.717, 1.165) is 41.9 Å². The predicted octanol–water partition coefficient (Wildman–Crippen LogP) is 3.26. The van der Waals surface area contributed by atoms with E-state index in [1.54, 1.807) is 13.1 Å². The summed E-state index contributed by atoms with van der Waals surface area (Å²) >= 11 is 0. The topological polar surface area (TPSA) is 119 Å². The number of carbonyl (C=O) groups excluding carboxylic acids is 1. The molecule has 1 amide bonds. The summed E-state index contributed by atoms with van der Waals surface area (Å²) in [4.78, 5) is 22.0. The molecule has 36 heavy (non-hydrogen) atoms. The first-order valence-corrected chi connectivity index (χ1v) is 12.0. The summed E-state index contributed by atoms with van der Waals surface area (Å²) in [5.74, 6) is -0.386. The van der Waals surface area contributed by atoms with Crippen molar-refractivity contribution in [3.8, 4) is 17.2 Å². The van der Waals surface area contributed by atoms with Gasteiger partial charge in [0.15, 0.2) is 5.58 Å². The maximum absolute atomic E-state index is 11.6. The van der Waals surface area contributed by atoms with E-state index in [2.05, 4.69) is 31.4 Å². The predicted molar refractivity (Wildman–Crippen MR) is 142 cm³/mol. The molecule has 9 nitrogen and oxygen atoms in total. The summed E-state index contributed by atoms with van der Waals surface area (Å²) in [5, 5.41) is 14.7. The number of fused-ring (bicyclic) bond motifs is 1. The second-order valence-electron chi connectivity index (χ2n) is 9.32. The van der Waals surface area contributed by atoms with E-state index in [-0.39, 0.29) is 20.3 Å². The van der Waals surface area contributed by atoms with Crippen molar-refractivity contribution < 1.29 is 21.5 Å². The van der Waals surface area contributed by atoms with Crippen LogP contribution in [-0.2, 0) is 27.7 Å². The molecule has 196 valence electrons. The normalized spacial score (nSPS) is 18.6. The fraction of sp³-hybridized carbons (Fsp3) is 0.444. The van der Waals surface area contributed by atoms with Gasteiger partial charge in [-0.05, 0) is 49.6 Å². The van der Waals surface area contributed by atoms with Gasteiger partial charge in [-0.2, -0.15) is 5.26 Å². The van der Waals surface area contributed by atoms with Crippen LogP contribution >= 0.6 is 0 Å².